The van der Waals surface area contributed by atoms with Crippen LogP contribution in [0.3, 0.4) is 0 Å². The van der Waals surface area contributed by atoms with Crippen LogP contribution in [0.25, 0.3) is 10.9 Å². The second-order valence-electron chi connectivity index (χ2n) is 12.8. The van der Waals surface area contributed by atoms with Crippen molar-refractivity contribution in [3.8, 4) is 5.75 Å². The molecule has 0 radical (unpaired) electrons. The number of para-hydroxylation sites is 1. The van der Waals surface area contributed by atoms with Gasteiger partial charge in [-0.1, -0.05) is 34.1 Å². The van der Waals surface area contributed by atoms with Crippen molar-refractivity contribution in [2.45, 2.75) is 83.3 Å². The SMILES string of the molecule is Cc1c(Br)cccc1OC1CCC(CC[C@H](C)N2CCN(c3cccc4c([C@@H]5CCC(=O)NC5=O)nn(C)c34)CC2)CC1. The average molecular weight is 651 g/mol. The highest BCUT2D eigenvalue weighted by molar-refractivity contribution is 9.10. The summed E-state index contributed by atoms with van der Waals surface area (Å²) in [4.78, 5) is 29.4. The normalized spacial score (nSPS) is 24.3. The van der Waals surface area contributed by atoms with Gasteiger partial charge in [-0.15, -0.1) is 0 Å². The number of aromatic nitrogens is 2. The van der Waals surface area contributed by atoms with Crippen LogP contribution in [0.5, 0.6) is 5.75 Å². The Morgan fingerprint density at radius 2 is 1.77 bits per heavy atom. The Balaban J connectivity index is 0.998. The molecule has 43 heavy (non-hydrogen) atoms. The fourth-order valence-electron chi connectivity index (χ4n) is 7.31. The number of fused-ring (bicyclic) bond motifs is 1. The Morgan fingerprint density at radius 3 is 2.51 bits per heavy atom. The molecule has 8 nitrogen and oxygen atoms in total. The van der Waals surface area contributed by atoms with E-state index in [0.29, 0.717) is 25.0 Å². The van der Waals surface area contributed by atoms with E-state index in [2.05, 4.69) is 81.3 Å². The van der Waals surface area contributed by atoms with E-state index in [1.54, 1.807) is 0 Å². The standard InChI is InChI=1S/C34H44BrN5O3/c1-22(10-11-24-12-14-25(15-13-24)43-30-9-5-7-28(35)23(30)2)39-18-20-40(21-19-39)29-8-4-6-26-32(37-38(3)33(26)29)27-16-17-31(41)36-34(27)42/h4-9,22,24-25,27H,10-21H2,1-3H3,(H,36,41,42)/t22-,24?,25?,27-/m0/s1. The summed E-state index contributed by atoms with van der Waals surface area (Å²) in [6, 6.07) is 13.1. The van der Waals surface area contributed by atoms with Crippen LogP contribution in [-0.2, 0) is 16.6 Å². The molecule has 1 aliphatic carbocycles. The lowest BCUT2D eigenvalue weighted by Crippen LogP contribution is -2.49. The first-order chi connectivity index (χ1) is 20.8. The van der Waals surface area contributed by atoms with Gasteiger partial charge in [-0.25, -0.2) is 0 Å². The topological polar surface area (TPSA) is 79.7 Å². The summed E-state index contributed by atoms with van der Waals surface area (Å²) < 4.78 is 9.41. The molecule has 3 aromatic rings. The van der Waals surface area contributed by atoms with Crippen LogP contribution in [0.2, 0.25) is 0 Å². The molecule has 2 saturated heterocycles. The van der Waals surface area contributed by atoms with E-state index in [1.807, 2.05) is 11.7 Å². The maximum absolute atomic E-state index is 12.6. The van der Waals surface area contributed by atoms with Crippen molar-refractivity contribution in [2.24, 2.45) is 13.0 Å². The minimum Gasteiger partial charge on any atom is -0.490 e. The first-order valence-electron chi connectivity index (χ1n) is 16.0. The fraction of sp³-hybridized carbons (Fsp3) is 0.559. The number of halogens is 1. The number of hydrogen-bond acceptors (Lipinski definition) is 6. The Morgan fingerprint density at radius 1 is 1.02 bits per heavy atom. The lowest BCUT2D eigenvalue weighted by Gasteiger charge is -2.40. The molecule has 9 heteroatoms. The summed E-state index contributed by atoms with van der Waals surface area (Å²) in [5.41, 5.74) is 4.21. The molecule has 0 spiro atoms. The molecule has 1 aromatic heterocycles. The van der Waals surface area contributed by atoms with E-state index in [1.165, 1.54) is 36.9 Å². The highest BCUT2D eigenvalue weighted by atomic mass is 79.9. The van der Waals surface area contributed by atoms with Gasteiger partial charge in [0.1, 0.15) is 5.75 Å². The van der Waals surface area contributed by atoms with Crippen molar-refractivity contribution in [3.63, 3.8) is 0 Å². The molecule has 0 unspecified atom stereocenters. The third-order valence-corrected chi connectivity index (χ3v) is 10.9. The number of hydrogen-bond donors (Lipinski definition) is 1. The number of nitrogens with one attached hydrogen (secondary N) is 1. The number of rotatable bonds is 8. The zero-order chi connectivity index (χ0) is 30.1. The van der Waals surface area contributed by atoms with Crippen LogP contribution < -0.4 is 15.0 Å². The Kier molecular flexibility index (Phi) is 9.10. The number of piperazine rings is 1. The first kappa shape index (κ1) is 30.1. The summed E-state index contributed by atoms with van der Waals surface area (Å²) in [5, 5.41) is 8.29. The van der Waals surface area contributed by atoms with Gasteiger partial charge in [0.05, 0.1) is 28.9 Å². The highest BCUT2D eigenvalue weighted by Crippen LogP contribution is 2.36. The summed E-state index contributed by atoms with van der Waals surface area (Å²) >= 11 is 3.62. The number of ether oxygens (including phenoxy) is 1. The molecular formula is C34H44BrN5O3. The van der Waals surface area contributed by atoms with Crippen molar-refractivity contribution in [2.75, 3.05) is 31.1 Å². The number of piperidine rings is 1. The number of carbonyl (C=O) groups excluding carboxylic acids is 2. The van der Waals surface area contributed by atoms with Crippen LogP contribution in [0.4, 0.5) is 5.69 Å². The molecule has 1 N–H and O–H groups in total. The molecule has 2 atom stereocenters. The summed E-state index contributed by atoms with van der Waals surface area (Å²) in [7, 11) is 1.96. The van der Waals surface area contributed by atoms with Crippen LogP contribution in [0.15, 0.2) is 40.9 Å². The highest BCUT2D eigenvalue weighted by Gasteiger charge is 2.33. The van der Waals surface area contributed by atoms with E-state index in [9.17, 15) is 9.59 Å². The zero-order valence-electron chi connectivity index (χ0n) is 25.7. The molecule has 2 aliphatic heterocycles. The largest absolute Gasteiger partial charge is 0.490 e. The minimum absolute atomic E-state index is 0.196. The maximum Gasteiger partial charge on any atom is 0.235 e. The molecule has 3 aliphatic rings. The average Bonchev–Trinajstić information content (AvgIpc) is 3.35. The van der Waals surface area contributed by atoms with Gasteiger partial charge >= 0.3 is 0 Å². The number of benzene rings is 2. The molecular weight excluding hydrogens is 606 g/mol. The zero-order valence-corrected chi connectivity index (χ0v) is 27.2. The Hall–Kier alpha value is -2.91. The van der Waals surface area contributed by atoms with Crippen LogP contribution in [-0.4, -0.2) is 64.8 Å². The molecule has 3 fully saturated rings. The number of anilines is 1. The quantitative estimate of drug-likeness (QED) is 0.298. The summed E-state index contributed by atoms with van der Waals surface area (Å²) in [6.45, 7) is 8.55. The van der Waals surface area contributed by atoms with Crippen LogP contribution in [0.1, 0.15) is 75.5 Å². The van der Waals surface area contributed by atoms with Gasteiger partial charge in [0, 0.05) is 61.1 Å². The van der Waals surface area contributed by atoms with E-state index in [0.717, 1.165) is 71.8 Å². The number of aryl methyl sites for hydroxylation is 1. The molecule has 6 rings (SSSR count). The second-order valence-corrected chi connectivity index (χ2v) is 13.6. The number of amides is 2. The van der Waals surface area contributed by atoms with Gasteiger partial charge in [0.25, 0.3) is 0 Å². The van der Waals surface area contributed by atoms with Gasteiger partial charge in [0.2, 0.25) is 11.8 Å². The number of imide groups is 1. The van der Waals surface area contributed by atoms with Crippen molar-refractivity contribution in [3.05, 3.63) is 52.1 Å². The van der Waals surface area contributed by atoms with Crippen molar-refractivity contribution in [1.82, 2.24) is 20.0 Å². The van der Waals surface area contributed by atoms with Crippen molar-refractivity contribution >= 4 is 44.3 Å². The Labute approximate surface area is 263 Å². The van der Waals surface area contributed by atoms with Crippen LogP contribution >= 0.6 is 15.9 Å². The lowest BCUT2D eigenvalue weighted by molar-refractivity contribution is -0.134. The van der Waals surface area contributed by atoms with Gasteiger partial charge in [-0.3, -0.25) is 24.5 Å². The monoisotopic (exact) mass is 649 g/mol. The van der Waals surface area contributed by atoms with E-state index >= 15 is 0 Å². The van der Waals surface area contributed by atoms with Crippen LogP contribution in [0, 0.1) is 12.8 Å². The van der Waals surface area contributed by atoms with E-state index < -0.39 is 0 Å². The van der Waals surface area contributed by atoms with Gasteiger partial charge in [0.15, 0.2) is 0 Å². The third kappa shape index (κ3) is 6.48. The molecule has 230 valence electrons. The summed E-state index contributed by atoms with van der Waals surface area (Å²) in [6.07, 6.45) is 8.55. The summed E-state index contributed by atoms with van der Waals surface area (Å²) in [5.74, 6) is 1.00. The van der Waals surface area contributed by atoms with E-state index in [-0.39, 0.29) is 17.7 Å². The number of carbonyl (C=O) groups is 2. The fourth-order valence-corrected chi connectivity index (χ4v) is 7.65. The van der Waals surface area contributed by atoms with Gasteiger partial charge in [-0.2, -0.15) is 5.10 Å². The molecule has 2 amide bonds. The molecule has 0 bridgehead atoms. The first-order valence-corrected chi connectivity index (χ1v) is 16.8. The van der Waals surface area contributed by atoms with Crippen molar-refractivity contribution in [1.29, 1.82) is 0 Å². The van der Waals surface area contributed by atoms with Crippen molar-refractivity contribution < 1.29 is 14.3 Å². The molecule has 1 saturated carbocycles. The predicted molar refractivity (Wildman–Crippen MR) is 174 cm³/mol. The minimum atomic E-state index is -0.382. The molecule has 2 aromatic carbocycles. The molecule has 3 heterocycles. The lowest BCUT2D eigenvalue weighted by atomic mass is 9.83. The number of nitrogens with zero attached hydrogens (tertiary/aromatic N) is 4. The Bertz CT molecular complexity index is 1470. The smallest absolute Gasteiger partial charge is 0.235 e. The second kappa shape index (κ2) is 13.0. The van der Waals surface area contributed by atoms with Gasteiger partial charge < -0.3 is 9.64 Å². The third-order valence-electron chi connectivity index (χ3n) is 10.0. The van der Waals surface area contributed by atoms with E-state index in [4.69, 9.17) is 9.84 Å². The predicted octanol–water partition coefficient (Wildman–Crippen LogP) is 6.09. The van der Waals surface area contributed by atoms with Gasteiger partial charge in [-0.05, 0) is 82.9 Å². The maximum atomic E-state index is 12.6.